The molecule has 0 saturated heterocycles. The van der Waals surface area contributed by atoms with Crippen molar-refractivity contribution in [3.63, 3.8) is 0 Å². The van der Waals surface area contributed by atoms with Crippen LogP contribution in [-0.2, 0) is 0 Å². The molecule has 1 aromatic rings. The highest BCUT2D eigenvalue weighted by Crippen LogP contribution is 2.44. The smallest absolute Gasteiger partial charge is 0.0361 e. The highest BCUT2D eigenvalue weighted by molar-refractivity contribution is 8.06. The van der Waals surface area contributed by atoms with Crippen LogP contribution in [0.4, 0.5) is 5.69 Å². The quantitative estimate of drug-likeness (QED) is 0.566. The Morgan fingerprint density at radius 3 is 2.17 bits per heavy atom. The van der Waals surface area contributed by atoms with Crippen LogP contribution < -0.4 is 4.90 Å². The maximum atomic E-state index is 3.72. The Morgan fingerprint density at radius 2 is 1.65 bits per heavy atom. The summed E-state index contributed by atoms with van der Waals surface area (Å²) in [5, 5.41) is 2.09. The van der Waals surface area contributed by atoms with Crippen molar-refractivity contribution in [3.8, 4) is 0 Å². The van der Waals surface area contributed by atoms with Gasteiger partial charge in [-0.05, 0) is 28.7 Å². The molecule has 1 nitrogen and oxygen atoms in total. The maximum absolute atomic E-state index is 3.72. The molecule has 0 fully saturated rings. The lowest BCUT2D eigenvalue weighted by Crippen LogP contribution is -2.08. The number of benzene rings is 1. The van der Waals surface area contributed by atoms with Crippen molar-refractivity contribution >= 4 is 23.0 Å². The molecule has 124 valence electrons. The molecule has 1 aliphatic rings. The van der Waals surface area contributed by atoms with Crippen molar-refractivity contribution in [3.05, 3.63) is 71.0 Å². The van der Waals surface area contributed by atoms with E-state index in [4.69, 9.17) is 0 Å². The van der Waals surface area contributed by atoms with E-state index >= 15 is 0 Å². The van der Waals surface area contributed by atoms with Gasteiger partial charge in [-0.1, -0.05) is 82.5 Å². The summed E-state index contributed by atoms with van der Waals surface area (Å²) in [6, 6.07) is 8.75. The molecule has 0 saturated carbocycles. The monoisotopic (exact) mass is 327 g/mol. The third-order valence-electron chi connectivity index (χ3n) is 3.39. The van der Waals surface area contributed by atoms with Crippen molar-refractivity contribution in [1.29, 1.82) is 0 Å². The first-order valence-electron chi connectivity index (χ1n) is 8.11. The van der Waals surface area contributed by atoms with E-state index < -0.39 is 0 Å². The van der Waals surface area contributed by atoms with Gasteiger partial charge in [-0.25, -0.2) is 0 Å². The standard InChI is InChI=1S/C19H23NS.C2H6/c1-6-7-12-21-18-14-19(2,3)13-17(18)15-8-10-16(11-9-15)20(4)5;1-2/h6-14H,1H2,2-5H3;1-2H3/b12-7-;. The zero-order valence-corrected chi connectivity index (χ0v) is 16.1. The molecule has 0 amide bonds. The molecule has 0 spiro atoms. The minimum absolute atomic E-state index is 0.111. The number of rotatable bonds is 5. The first-order chi connectivity index (χ1) is 10.9. The summed E-state index contributed by atoms with van der Waals surface area (Å²) in [6.07, 6.45) is 8.47. The highest BCUT2D eigenvalue weighted by Gasteiger charge is 2.24. The van der Waals surface area contributed by atoms with E-state index in [-0.39, 0.29) is 5.41 Å². The fourth-order valence-corrected chi connectivity index (χ4v) is 3.34. The van der Waals surface area contributed by atoms with Crippen LogP contribution in [0.25, 0.3) is 5.57 Å². The summed E-state index contributed by atoms with van der Waals surface area (Å²) < 4.78 is 0. The van der Waals surface area contributed by atoms with Crippen molar-refractivity contribution in [2.24, 2.45) is 5.41 Å². The molecule has 0 N–H and O–H groups in total. The first-order valence-corrected chi connectivity index (χ1v) is 8.99. The maximum Gasteiger partial charge on any atom is 0.0361 e. The molecule has 0 aromatic heterocycles. The minimum Gasteiger partial charge on any atom is -0.378 e. The fourth-order valence-electron chi connectivity index (χ4n) is 2.33. The molecule has 1 aromatic carbocycles. The predicted molar refractivity (Wildman–Crippen MR) is 109 cm³/mol. The van der Waals surface area contributed by atoms with E-state index in [0.717, 1.165) is 0 Å². The van der Waals surface area contributed by atoms with E-state index in [2.05, 4.69) is 81.2 Å². The van der Waals surface area contributed by atoms with Crippen LogP contribution in [0.3, 0.4) is 0 Å². The second-order valence-corrected chi connectivity index (χ2v) is 6.96. The lowest BCUT2D eigenvalue weighted by atomic mass is 9.95. The van der Waals surface area contributed by atoms with Gasteiger partial charge >= 0.3 is 0 Å². The van der Waals surface area contributed by atoms with Gasteiger partial charge in [0.2, 0.25) is 0 Å². The average Bonchev–Trinajstić information content (AvgIpc) is 2.84. The van der Waals surface area contributed by atoms with Gasteiger partial charge in [-0.2, -0.15) is 0 Å². The Kier molecular flexibility index (Phi) is 7.44. The summed E-state index contributed by atoms with van der Waals surface area (Å²) in [4.78, 5) is 3.44. The minimum atomic E-state index is 0.111. The van der Waals surface area contributed by atoms with Gasteiger partial charge in [0.25, 0.3) is 0 Å². The van der Waals surface area contributed by atoms with E-state index in [1.807, 2.05) is 26.0 Å². The number of anilines is 1. The third-order valence-corrected chi connectivity index (χ3v) is 4.27. The Labute approximate surface area is 146 Å². The van der Waals surface area contributed by atoms with Gasteiger partial charge in [0.05, 0.1) is 0 Å². The predicted octanol–water partition coefficient (Wildman–Crippen LogP) is 6.52. The molecule has 23 heavy (non-hydrogen) atoms. The molecular weight excluding hydrogens is 298 g/mol. The van der Waals surface area contributed by atoms with Crippen molar-refractivity contribution in [1.82, 2.24) is 0 Å². The molecule has 0 atom stereocenters. The SMILES string of the molecule is C=C/C=C\SC1=CC(C)(C)C=C1c1ccc(N(C)C)cc1.CC. The highest BCUT2D eigenvalue weighted by atomic mass is 32.2. The largest absolute Gasteiger partial charge is 0.378 e. The first kappa shape index (κ1) is 19.4. The van der Waals surface area contributed by atoms with E-state index in [1.54, 1.807) is 11.8 Å². The molecule has 0 radical (unpaired) electrons. The average molecular weight is 328 g/mol. The molecule has 1 aliphatic carbocycles. The number of allylic oxidation sites excluding steroid dienone is 5. The van der Waals surface area contributed by atoms with Gasteiger partial charge in [0.15, 0.2) is 0 Å². The number of hydrogen-bond donors (Lipinski definition) is 0. The topological polar surface area (TPSA) is 3.24 Å². The van der Waals surface area contributed by atoms with Gasteiger partial charge < -0.3 is 4.90 Å². The van der Waals surface area contributed by atoms with Crippen LogP contribution in [0, 0.1) is 5.41 Å². The number of thioether (sulfide) groups is 1. The van der Waals surface area contributed by atoms with Crippen LogP contribution in [0.5, 0.6) is 0 Å². The van der Waals surface area contributed by atoms with E-state index in [9.17, 15) is 0 Å². The van der Waals surface area contributed by atoms with Crippen LogP contribution >= 0.6 is 11.8 Å². The third kappa shape index (κ3) is 5.47. The molecule has 0 unspecified atom stereocenters. The lowest BCUT2D eigenvalue weighted by molar-refractivity contribution is 0.636. The summed E-state index contributed by atoms with van der Waals surface area (Å²) in [7, 11) is 4.13. The Morgan fingerprint density at radius 1 is 1.04 bits per heavy atom. The summed E-state index contributed by atoms with van der Waals surface area (Å²) in [5.41, 5.74) is 3.93. The van der Waals surface area contributed by atoms with Crippen LogP contribution in [-0.4, -0.2) is 14.1 Å². The number of hydrogen-bond acceptors (Lipinski definition) is 2. The van der Waals surface area contributed by atoms with Gasteiger partial charge in [0.1, 0.15) is 0 Å². The van der Waals surface area contributed by atoms with Crippen LogP contribution in [0.2, 0.25) is 0 Å². The van der Waals surface area contributed by atoms with Crippen molar-refractivity contribution < 1.29 is 0 Å². The summed E-state index contributed by atoms with van der Waals surface area (Å²) >= 11 is 1.75. The zero-order chi connectivity index (χ0) is 17.5. The van der Waals surface area contributed by atoms with Gasteiger partial charge in [-0.3, -0.25) is 0 Å². The number of nitrogens with zero attached hydrogens (tertiary/aromatic N) is 1. The zero-order valence-electron chi connectivity index (χ0n) is 15.3. The molecular formula is C21H29NS. The lowest BCUT2D eigenvalue weighted by Gasteiger charge is -2.14. The normalized spacial score (nSPS) is 15.6. The van der Waals surface area contributed by atoms with Crippen LogP contribution in [0.1, 0.15) is 33.3 Å². The Hall–Kier alpha value is -1.67. The van der Waals surface area contributed by atoms with Crippen molar-refractivity contribution in [2.75, 3.05) is 19.0 Å². The van der Waals surface area contributed by atoms with Gasteiger partial charge in [0, 0.05) is 30.1 Å². The second-order valence-electron chi connectivity index (χ2n) is 6.01. The van der Waals surface area contributed by atoms with E-state index in [1.165, 1.54) is 21.7 Å². The van der Waals surface area contributed by atoms with E-state index in [0.29, 0.717) is 0 Å². The molecule has 0 bridgehead atoms. The fraction of sp³-hybridized carbons (Fsp3) is 0.333. The summed E-state index contributed by atoms with van der Waals surface area (Å²) in [6.45, 7) is 12.2. The van der Waals surface area contributed by atoms with Crippen LogP contribution in [0.15, 0.2) is 65.5 Å². The Bertz CT molecular complexity index is 601. The Balaban J connectivity index is 0.00000127. The molecule has 0 heterocycles. The summed E-state index contributed by atoms with van der Waals surface area (Å²) in [5.74, 6) is 0. The van der Waals surface area contributed by atoms with Gasteiger partial charge in [-0.15, -0.1) is 0 Å². The van der Waals surface area contributed by atoms with Crippen molar-refractivity contribution in [2.45, 2.75) is 27.7 Å². The molecule has 0 aliphatic heterocycles. The molecule has 2 rings (SSSR count). The second kappa shape index (κ2) is 8.83. The molecule has 2 heteroatoms.